The lowest BCUT2D eigenvalue weighted by Gasteiger charge is -2.04. The maximum absolute atomic E-state index is 12.0. The van der Waals surface area contributed by atoms with Crippen molar-refractivity contribution in [2.24, 2.45) is 10.2 Å². The first-order chi connectivity index (χ1) is 12.4. The van der Waals surface area contributed by atoms with Gasteiger partial charge in [-0.25, -0.2) is 0 Å². The van der Waals surface area contributed by atoms with E-state index in [1.54, 1.807) is 0 Å². The number of fused-ring (bicyclic) bond motifs is 1. The quantitative estimate of drug-likeness (QED) is 0.564. The molecule has 134 valence electrons. The molecule has 2 aromatic carbocycles. The topological polar surface area (TPSA) is 89.8 Å². The molecule has 3 N–H and O–H groups in total. The Hall–Kier alpha value is -3.15. The van der Waals surface area contributed by atoms with Crippen LogP contribution in [0.3, 0.4) is 0 Å². The number of nitrogens with zero attached hydrogens (tertiary/aromatic N) is 2. The predicted octanol–water partition coefficient (Wildman–Crippen LogP) is 5.03. The number of aromatic hydroxyl groups is 1. The van der Waals surface area contributed by atoms with Gasteiger partial charge in [-0.15, -0.1) is 10.2 Å². The summed E-state index contributed by atoms with van der Waals surface area (Å²) in [5, 5.41) is 21.5. The lowest BCUT2D eigenvalue weighted by Crippen LogP contribution is -2.10. The van der Waals surface area contributed by atoms with Crippen molar-refractivity contribution in [3.63, 3.8) is 0 Å². The standard InChI is InChI=1S/C20H22N4O2/c1-12(2)14-6-9-17-16(10-14)19(20(26)22-17)24-23-18(25)11-21-15-7-4-13(3)5-8-15/h4-10,12,21-22,26H,11H2,1-3H3. The molecule has 0 aliphatic rings. The van der Waals surface area contributed by atoms with Gasteiger partial charge in [0.1, 0.15) is 0 Å². The van der Waals surface area contributed by atoms with E-state index in [4.69, 9.17) is 0 Å². The van der Waals surface area contributed by atoms with E-state index in [2.05, 4.69) is 34.4 Å². The molecule has 0 unspecified atom stereocenters. The Bertz CT molecular complexity index is 956. The molecule has 0 aliphatic carbocycles. The van der Waals surface area contributed by atoms with Crippen molar-refractivity contribution in [3.05, 3.63) is 53.6 Å². The van der Waals surface area contributed by atoms with Gasteiger partial charge in [0, 0.05) is 11.1 Å². The average molecular weight is 350 g/mol. The van der Waals surface area contributed by atoms with Crippen molar-refractivity contribution in [2.75, 3.05) is 11.9 Å². The number of aromatic nitrogens is 1. The number of hydrogen-bond acceptors (Lipinski definition) is 4. The number of azo groups is 1. The van der Waals surface area contributed by atoms with Crippen LogP contribution in [0.25, 0.3) is 10.9 Å². The molecule has 26 heavy (non-hydrogen) atoms. The molecule has 0 fully saturated rings. The highest BCUT2D eigenvalue weighted by atomic mass is 16.3. The van der Waals surface area contributed by atoms with Gasteiger partial charge < -0.3 is 15.4 Å². The monoisotopic (exact) mass is 350 g/mol. The Kier molecular flexibility index (Phi) is 5.02. The number of hydrogen-bond donors (Lipinski definition) is 3. The Morgan fingerprint density at radius 1 is 1.19 bits per heavy atom. The van der Waals surface area contributed by atoms with Crippen LogP contribution in [0.5, 0.6) is 5.88 Å². The van der Waals surface area contributed by atoms with Gasteiger partial charge in [0.05, 0.1) is 12.1 Å². The Balaban J connectivity index is 1.74. The van der Waals surface area contributed by atoms with Gasteiger partial charge >= 0.3 is 0 Å². The van der Waals surface area contributed by atoms with Gasteiger partial charge in [-0.3, -0.25) is 4.79 Å². The Labute approximate surface area is 152 Å². The molecule has 6 heteroatoms. The Morgan fingerprint density at radius 3 is 2.62 bits per heavy atom. The van der Waals surface area contributed by atoms with Gasteiger partial charge in [-0.05, 0) is 42.7 Å². The third-order valence-corrected chi connectivity index (χ3v) is 4.20. The van der Waals surface area contributed by atoms with E-state index in [1.165, 1.54) is 0 Å². The molecule has 0 bridgehead atoms. The van der Waals surface area contributed by atoms with Crippen LogP contribution < -0.4 is 5.32 Å². The number of H-pyrrole nitrogens is 1. The van der Waals surface area contributed by atoms with Crippen molar-refractivity contribution in [2.45, 2.75) is 26.7 Å². The molecule has 3 rings (SSSR count). The summed E-state index contributed by atoms with van der Waals surface area (Å²) in [4.78, 5) is 14.8. The van der Waals surface area contributed by atoms with E-state index >= 15 is 0 Å². The molecular formula is C20H22N4O2. The zero-order valence-electron chi connectivity index (χ0n) is 15.1. The molecule has 1 aromatic heterocycles. The first-order valence-corrected chi connectivity index (χ1v) is 8.53. The summed E-state index contributed by atoms with van der Waals surface area (Å²) in [5.74, 6) is -0.162. The summed E-state index contributed by atoms with van der Waals surface area (Å²) in [6.07, 6.45) is 0. The highest BCUT2D eigenvalue weighted by molar-refractivity contribution is 5.95. The molecule has 6 nitrogen and oxygen atoms in total. The second-order valence-corrected chi connectivity index (χ2v) is 6.60. The SMILES string of the molecule is Cc1ccc(NCC(=O)N=Nc2c(O)[nH]c3ccc(C(C)C)cc23)cc1. The van der Waals surface area contributed by atoms with Crippen LogP contribution in [0, 0.1) is 6.92 Å². The fourth-order valence-electron chi connectivity index (χ4n) is 2.63. The van der Waals surface area contributed by atoms with Gasteiger partial charge in [-0.2, -0.15) is 0 Å². The molecular weight excluding hydrogens is 328 g/mol. The van der Waals surface area contributed by atoms with Gasteiger partial charge in [0.15, 0.2) is 5.69 Å². The van der Waals surface area contributed by atoms with E-state index in [-0.39, 0.29) is 18.1 Å². The number of carbonyl (C=O) groups is 1. The number of amides is 1. The lowest BCUT2D eigenvalue weighted by atomic mass is 10.0. The highest BCUT2D eigenvalue weighted by Gasteiger charge is 2.12. The van der Waals surface area contributed by atoms with E-state index in [0.29, 0.717) is 5.92 Å². The smallest absolute Gasteiger partial charge is 0.283 e. The van der Waals surface area contributed by atoms with Crippen molar-refractivity contribution in [1.29, 1.82) is 0 Å². The van der Waals surface area contributed by atoms with Gasteiger partial charge in [0.25, 0.3) is 5.91 Å². The largest absolute Gasteiger partial charge is 0.493 e. The van der Waals surface area contributed by atoms with Crippen molar-refractivity contribution < 1.29 is 9.90 Å². The van der Waals surface area contributed by atoms with Crippen LogP contribution in [0.1, 0.15) is 30.9 Å². The van der Waals surface area contributed by atoms with E-state index < -0.39 is 5.91 Å². The minimum Gasteiger partial charge on any atom is -0.493 e. The zero-order valence-corrected chi connectivity index (χ0v) is 15.1. The number of benzene rings is 2. The summed E-state index contributed by atoms with van der Waals surface area (Å²) in [6, 6.07) is 13.6. The molecule has 1 heterocycles. The summed E-state index contributed by atoms with van der Waals surface area (Å²) in [5.41, 5.74) is 4.16. The van der Waals surface area contributed by atoms with Crippen LogP contribution in [-0.4, -0.2) is 22.5 Å². The first kappa shape index (κ1) is 17.7. The molecule has 0 saturated heterocycles. The highest BCUT2D eigenvalue weighted by Crippen LogP contribution is 2.36. The molecule has 0 atom stereocenters. The molecule has 0 aliphatic heterocycles. The molecule has 0 radical (unpaired) electrons. The van der Waals surface area contributed by atoms with Crippen molar-refractivity contribution in [3.8, 4) is 5.88 Å². The number of carbonyl (C=O) groups excluding carboxylic acids is 1. The van der Waals surface area contributed by atoms with Crippen LogP contribution in [0.4, 0.5) is 11.4 Å². The number of aryl methyl sites for hydroxylation is 1. The minimum atomic E-state index is -0.417. The molecule has 3 aromatic rings. The fourth-order valence-corrected chi connectivity index (χ4v) is 2.63. The summed E-state index contributed by atoms with van der Waals surface area (Å²) >= 11 is 0. The number of rotatable bonds is 5. The third-order valence-electron chi connectivity index (χ3n) is 4.20. The second kappa shape index (κ2) is 7.39. The summed E-state index contributed by atoms with van der Waals surface area (Å²) in [7, 11) is 0. The normalized spacial score (nSPS) is 11.5. The van der Waals surface area contributed by atoms with Gasteiger partial charge in [-0.1, -0.05) is 37.6 Å². The Morgan fingerprint density at radius 2 is 1.92 bits per heavy atom. The second-order valence-electron chi connectivity index (χ2n) is 6.60. The third kappa shape index (κ3) is 3.91. The maximum Gasteiger partial charge on any atom is 0.283 e. The molecule has 0 saturated carbocycles. The zero-order chi connectivity index (χ0) is 18.7. The summed E-state index contributed by atoms with van der Waals surface area (Å²) in [6.45, 7) is 6.22. The maximum atomic E-state index is 12.0. The van der Waals surface area contributed by atoms with E-state index in [1.807, 2.05) is 49.4 Å². The number of aromatic amines is 1. The lowest BCUT2D eigenvalue weighted by molar-refractivity contribution is -0.116. The molecule has 0 spiro atoms. The van der Waals surface area contributed by atoms with Crippen molar-refractivity contribution in [1.82, 2.24) is 4.98 Å². The minimum absolute atomic E-state index is 0.0346. The van der Waals surface area contributed by atoms with Crippen LogP contribution in [-0.2, 0) is 4.79 Å². The van der Waals surface area contributed by atoms with E-state index in [9.17, 15) is 9.90 Å². The van der Waals surface area contributed by atoms with Gasteiger partial charge in [0.2, 0.25) is 5.88 Å². The first-order valence-electron chi connectivity index (χ1n) is 8.53. The van der Waals surface area contributed by atoms with Crippen LogP contribution in [0.2, 0.25) is 0 Å². The van der Waals surface area contributed by atoms with Crippen LogP contribution >= 0.6 is 0 Å². The number of nitrogens with one attached hydrogen (secondary N) is 2. The van der Waals surface area contributed by atoms with Crippen LogP contribution in [0.15, 0.2) is 52.7 Å². The van der Waals surface area contributed by atoms with E-state index in [0.717, 1.165) is 27.7 Å². The molecule has 1 amide bonds. The average Bonchev–Trinajstić information content (AvgIpc) is 2.93. The summed E-state index contributed by atoms with van der Waals surface area (Å²) < 4.78 is 0. The van der Waals surface area contributed by atoms with Crippen molar-refractivity contribution >= 4 is 28.2 Å². The number of anilines is 1. The fraction of sp³-hybridized carbons (Fsp3) is 0.250. The predicted molar refractivity (Wildman–Crippen MR) is 103 cm³/mol.